The molecule has 0 spiro atoms. The Morgan fingerprint density at radius 2 is 1.96 bits per heavy atom. The van der Waals surface area contributed by atoms with E-state index in [4.69, 9.17) is 16.1 Å². The van der Waals surface area contributed by atoms with Crippen molar-refractivity contribution in [2.24, 2.45) is 4.99 Å². The van der Waals surface area contributed by atoms with Crippen LogP contribution in [0.15, 0.2) is 33.8 Å². The number of aromatic nitrogens is 1. The van der Waals surface area contributed by atoms with Crippen molar-refractivity contribution in [1.82, 2.24) is 15.4 Å². The molecular formula is C18H25ClIN5O. The van der Waals surface area contributed by atoms with Gasteiger partial charge in [0, 0.05) is 50.0 Å². The number of aliphatic imine (C=N–C) groups is 1. The zero-order valence-electron chi connectivity index (χ0n) is 15.3. The lowest BCUT2D eigenvalue weighted by molar-refractivity contribution is 0.357. The fraction of sp³-hybridized carbons (Fsp3) is 0.444. The van der Waals surface area contributed by atoms with Crippen molar-refractivity contribution in [3.05, 3.63) is 46.3 Å². The highest BCUT2D eigenvalue weighted by molar-refractivity contribution is 14.0. The smallest absolute Gasteiger partial charge is 0.194 e. The molecule has 6 nitrogen and oxygen atoms in total. The molecule has 3 rings (SSSR count). The molecule has 0 bridgehead atoms. The van der Waals surface area contributed by atoms with Crippen molar-refractivity contribution < 1.29 is 4.52 Å². The van der Waals surface area contributed by atoms with E-state index >= 15 is 0 Å². The first-order valence-electron chi connectivity index (χ1n) is 8.45. The maximum atomic E-state index is 6.16. The van der Waals surface area contributed by atoms with Gasteiger partial charge in [-0.3, -0.25) is 4.99 Å². The average Bonchev–Trinajstić information content (AvgIpc) is 3.03. The molecule has 1 fully saturated rings. The Hall–Kier alpha value is -1.48. The molecule has 0 aliphatic carbocycles. The van der Waals surface area contributed by atoms with Crippen LogP contribution in [0.3, 0.4) is 0 Å². The first kappa shape index (κ1) is 20.8. The van der Waals surface area contributed by atoms with E-state index in [1.54, 1.807) is 0 Å². The summed E-state index contributed by atoms with van der Waals surface area (Å²) in [5.74, 6) is 1.70. The number of aryl methyl sites for hydroxylation is 2. The van der Waals surface area contributed by atoms with Gasteiger partial charge in [0.05, 0.1) is 12.2 Å². The highest BCUT2D eigenvalue weighted by atomic mass is 127. The molecule has 2 aromatic rings. The van der Waals surface area contributed by atoms with Crippen LogP contribution < -0.4 is 10.2 Å². The predicted molar refractivity (Wildman–Crippen MR) is 117 cm³/mol. The summed E-state index contributed by atoms with van der Waals surface area (Å²) in [6.07, 6.45) is 0. The fourth-order valence-electron chi connectivity index (χ4n) is 3.08. The molecule has 0 amide bonds. The molecule has 0 saturated carbocycles. The number of rotatable bonds is 3. The van der Waals surface area contributed by atoms with Gasteiger partial charge in [0.2, 0.25) is 0 Å². The van der Waals surface area contributed by atoms with Gasteiger partial charge < -0.3 is 19.6 Å². The van der Waals surface area contributed by atoms with Gasteiger partial charge in [-0.25, -0.2) is 0 Å². The van der Waals surface area contributed by atoms with E-state index in [1.807, 2.05) is 32.2 Å². The van der Waals surface area contributed by atoms with Gasteiger partial charge in [0.15, 0.2) is 11.7 Å². The molecule has 1 aromatic heterocycles. The molecular weight excluding hydrogens is 465 g/mol. The molecule has 142 valence electrons. The van der Waals surface area contributed by atoms with Crippen molar-refractivity contribution in [2.75, 3.05) is 38.1 Å². The van der Waals surface area contributed by atoms with Crippen LogP contribution in [0, 0.1) is 13.8 Å². The van der Waals surface area contributed by atoms with Crippen molar-refractivity contribution in [1.29, 1.82) is 0 Å². The monoisotopic (exact) mass is 489 g/mol. The van der Waals surface area contributed by atoms with Crippen molar-refractivity contribution in [2.45, 2.75) is 20.4 Å². The standard InChI is InChI=1S/C18H24ClN5O.HI/c1-13-4-5-15(19)11-17(13)23-6-8-24(9-7-23)18(20-3)21-12-16-10-14(2)22-25-16;/h4-5,10-11H,6-9,12H2,1-3H3,(H,20,21);1H. The summed E-state index contributed by atoms with van der Waals surface area (Å²) in [6.45, 7) is 8.30. The lowest BCUT2D eigenvalue weighted by Gasteiger charge is -2.38. The Morgan fingerprint density at radius 3 is 2.58 bits per heavy atom. The Kier molecular flexibility index (Phi) is 7.57. The van der Waals surface area contributed by atoms with E-state index in [9.17, 15) is 0 Å². The maximum absolute atomic E-state index is 6.16. The van der Waals surface area contributed by atoms with Crippen LogP contribution >= 0.6 is 35.6 Å². The maximum Gasteiger partial charge on any atom is 0.194 e. The summed E-state index contributed by atoms with van der Waals surface area (Å²) in [5.41, 5.74) is 3.35. The fourth-order valence-corrected chi connectivity index (χ4v) is 3.25. The van der Waals surface area contributed by atoms with Gasteiger partial charge in [-0.05, 0) is 31.5 Å². The minimum absolute atomic E-state index is 0. The lowest BCUT2D eigenvalue weighted by Crippen LogP contribution is -2.52. The van der Waals surface area contributed by atoms with Gasteiger partial charge in [0.25, 0.3) is 0 Å². The van der Waals surface area contributed by atoms with Crippen LogP contribution in [0.2, 0.25) is 5.02 Å². The molecule has 2 heterocycles. The summed E-state index contributed by atoms with van der Waals surface area (Å²) >= 11 is 6.16. The highest BCUT2D eigenvalue weighted by Crippen LogP contribution is 2.25. The molecule has 8 heteroatoms. The number of hydrogen-bond donors (Lipinski definition) is 1. The van der Waals surface area contributed by atoms with Crippen molar-refractivity contribution in [3.63, 3.8) is 0 Å². The van der Waals surface area contributed by atoms with E-state index < -0.39 is 0 Å². The molecule has 1 aromatic carbocycles. The molecule has 1 N–H and O–H groups in total. The van der Waals surface area contributed by atoms with Crippen LogP contribution in [-0.2, 0) is 6.54 Å². The van der Waals surface area contributed by atoms with E-state index in [-0.39, 0.29) is 24.0 Å². The molecule has 0 radical (unpaired) electrons. The number of nitrogens with zero attached hydrogens (tertiary/aromatic N) is 4. The van der Waals surface area contributed by atoms with Gasteiger partial charge in [0.1, 0.15) is 0 Å². The van der Waals surface area contributed by atoms with Gasteiger partial charge in [-0.2, -0.15) is 0 Å². The van der Waals surface area contributed by atoms with Crippen LogP contribution in [0.5, 0.6) is 0 Å². The molecule has 0 unspecified atom stereocenters. The third kappa shape index (κ3) is 5.03. The summed E-state index contributed by atoms with van der Waals surface area (Å²) in [4.78, 5) is 9.04. The van der Waals surface area contributed by atoms with E-state index in [1.165, 1.54) is 11.3 Å². The number of piperazine rings is 1. The average molecular weight is 490 g/mol. The molecule has 0 atom stereocenters. The minimum atomic E-state index is 0. The lowest BCUT2D eigenvalue weighted by atomic mass is 10.1. The number of nitrogens with one attached hydrogen (secondary N) is 1. The number of anilines is 1. The quantitative estimate of drug-likeness (QED) is 0.407. The normalized spacial score (nSPS) is 15.0. The van der Waals surface area contributed by atoms with E-state index in [2.05, 4.69) is 38.3 Å². The third-order valence-corrected chi connectivity index (χ3v) is 4.64. The predicted octanol–water partition coefficient (Wildman–Crippen LogP) is 3.46. The Labute approximate surface area is 176 Å². The number of guanidine groups is 1. The highest BCUT2D eigenvalue weighted by Gasteiger charge is 2.21. The van der Waals surface area contributed by atoms with E-state index in [0.29, 0.717) is 6.54 Å². The molecule has 1 saturated heterocycles. The number of benzene rings is 1. The van der Waals surface area contributed by atoms with Gasteiger partial charge in [-0.15, -0.1) is 24.0 Å². The van der Waals surface area contributed by atoms with Crippen molar-refractivity contribution in [3.8, 4) is 0 Å². The first-order valence-corrected chi connectivity index (χ1v) is 8.83. The van der Waals surface area contributed by atoms with Crippen LogP contribution in [0.4, 0.5) is 5.69 Å². The summed E-state index contributed by atoms with van der Waals surface area (Å²) in [7, 11) is 1.81. The molecule has 1 aliphatic heterocycles. The van der Waals surface area contributed by atoms with E-state index in [0.717, 1.165) is 48.6 Å². The Morgan fingerprint density at radius 1 is 1.23 bits per heavy atom. The van der Waals surface area contributed by atoms with Gasteiger partial charge in [-0.1, -0.05) is 22.8 Å². The summed E-state index contributed by atoms with van der Waals surface area (Å²) in [5, 5.41) is 8.03. The van der Waals surface area contributed by atoms with Crippen LogP contribution in [0.25, 0.3) is 0 Å². The Balaban J connectivity index is 0.00000243. The number of halogens is 2. The van der Waals surface area contributed by atoms with Crippen LogP contribution in [-0.4, -0.2) is 49.2 Å². The largest absolute Gasteiger partial charge is 0.368 e. The minimum Gasteiger partial charge on any atom is -0.368 e. The zero-order chi connectivity index (χ0) is 17.8. The van der Waals surface area contributed by atoms with Crippen molar-refractivity contribution >= 4 is 47.2 Å². The SMILES string of the molecule is CN=C(NCc1cc(C)no1)N1CCN(c2cc(Cl)ccc2C)CC1.I. The summed E-state index contributed by atoms with van der Waals surface area (Å²) < 4.78 is 5.24. The summed E-state index contributed by atoms with van der Waals surface area (Å²) in [6, 6.07) is 7.99. The van der Waals surface area contributed by atoms with Gasteiger partial charge >= 0.3 is 0 Å². The second-order valence-electron chi connectivity index (χ2n) is 6.24. The Bertz CT molecular complexity index is 756. The first-order chi connectivity index (χ1) is 12.1. The third-order valence-electron chi connectivity index (χ3n) is 4.40. The molecule has 26 heavy (non-hydrogen) atoms. The number of hydrogen-bond acceptors (Lipinski definition) is 4. The second kappa shape index (κ2) is 9.45. The molecule has 1 aliphatic rings. The second-order valence-corrected chi connectivity index (χ2v) is 6.68. The topological polar surface area (TPSA) is 56.9 Å². The zero-order valence-corrected chi connectivity index (χ0v) is 18.4. The van der Waals surface area contributed by atoms with Crippen LogP contribution in [0.1, 0.15) is 17.0 Å².